The molecular weight excluding hydrogens is 451 g/mol. The van der Waals surface area contributed by atoms with Gasteiger partial charge in [0.1, 0.15) is 0 Å². The predicted molar refractivity (Wildman–Crippen MR) is 117 cm³/mol. The van der Waals surface area contributed by atoms with Gasteiger partial charge >= 0.3 is 6.18 Å². The van der Waals surface area contributed by atoms with Crippen LogP contribution in [0.5, 0.6) is 0 Å². The van der Waals surface area contributed by atoms with Crippen molar-refractivity contribution in [2.75, 3.05) is 5.32 Å². The van der Waals surface area contributed by atoms with E-state index in [1.165, 1.54) is 41.3 Å². The van der Waals surface area contributed by atoms with E-state index >= 15 is 0 Å². The van der Waals surface area contributed by atoms with Crippen molar-refractivity contribution in [1.29, 1.82) is 0 Å². The number of amides is 1. The van der Waals surface area contributed by atoms with Gasteiger partial charge in [-0.05, 0) is 42.4 Å². The summed E-state index contributed by atoms with van der Waals surface area (Å²) in [6.45, 7) is 3.67. The summed E-state index contributed by atoms with van der Waals surface area (Å²) >= 11 is 7.83. The summed E-state index contributed by atoms with van der Waals surface area (Å²) in [4.78, 5) is 12.8. The largest absolute Gasteiger partial charge is 0.418 e. The smallest absolute Gasteiger partial charge is 0.325 e. The van der Waals surface area contributed by atoms with Crippen molar-refractivity contribution >= 4 is 46.9 Å². The van der Waals surface area contributed by atoms with Crippen molar-refractivity contribution < 1.29 is 18.0 Å². The van der Waals surface area contributed by atoms with Crippen LogP contribution < -0.4 is 5.32 Å². The Morgan fingerprint density at radius 3 is 2.40 bits per heavy atom. The number of thioether (sulfide) groups is 1. The number of carbonyl (C=O) groups excluding carboxylic acids is 1. The molecule has 0 saturated heterocycles. The minimum absolute atomic E-state index is 0.143. The molecule has 3 rings (SSSR count). The Balaban J connectivity index is 1.83. The first-order chi connectivity index (χ1) is 14.2. The maximum absolute atomic E-state index is 13.2. The van der Waals surface area contributed by atoms with Gasteiger partial charge in [-0.3, -0.25) is 4.79 Å². The third kappa shape index (κ3) is 5.30. The summed E-state index contributed by atoms with van der Waals surface area (Å²) in [5.41, 5.74) is -0.339. The molecule has 2 aromatic carbocycles. The minimum Gasteiger partial charge on any atom is -0.325 e. The summed E-state index contributed by atoms with van der Waals surface area (Å²) in [6, 6.07) is 14.3. The fraction of sp³-hybridized carbons (Fsp3) is 0.250. The molecule has 30 heavy (non-hydrogen) atoms. The van der Waals surface area contributed by atoms with Crippen molar-refractivity contribution in [2.45, 2.75) is 29.6 Å². The highest BCUT2D eigenvalue weighted by atomic mass is 32.2. The van der Waals surface area contributed by atoms with E-state index in [-0.39, 0.29) is 11.6 Å². The van der Waals surface area contributed by atoms with E-state index in [0.29, 0.717) is 8.29 Å². The van der Waals surface area contributed by atoms with Crippen LogP contribution >= 0.6 is 35.3 Å². The molecule has 1 amide bonds. The average molecular weight is 470 g/mol. The lowest BCUT2D eigenvalue weighted by Gasteiger charge is -2.20. The number of halogens is 3. The number of benzene rings is 2. The Kier molecular flexibility index (Phi) is 6.99. The molecule has 0 bridgehead atoms. The lowest BCUT2D eigenvalue weighted by atomic mass is 10.1. The first-order valence-electron chi connectivity index (χ1n) is 8.96. The van der Waals surface area contributed by atoms with Gasteiger partial charge in [0.05, 0.1) is 22.2 Å². The number of alkyl halides is 3. The minimum atomic E-state index is -4.56. The highest BCUT2D eigenvalue weighted by Crippen LogP contribution is 2.36. The number of nitrogens with one attached hydrogen (secondary N) is 1. The number of hydrogen-bond acceptors (Lipinski definition) is 5. The van der Waals surface area contributed by atoms with Crippen LogP contribution in [0.15, 0.2) is 58.9 Å². The van der Waals surface area contributed by atoms with Crippen LogP contribution in [0.3, 0.4) is 0 Å². The zero-order valence-electron chi connectivity index (χ0n) is 16.0. The van der Waals surface area contributed by atoms with Crippen molar-refractivity contribution in [3.63, 3.8) is 0 Å². The van der Waals surface area contributed by atoms with Crippen LogP contribution in [0.4, 0.5) is 18.9 Å². The lowest BCUT2D eigenvalue weighted by molar-refractivity contribution is -0.137. The second-order valence-corrected chi connectivity index (χ2v) is 9.71. The molecule has 0 aliphatic carbocycles. The van der Waals surface area contributed by atoms with E-state index in [1.807, 2.05) is 44.2 Å². The van der Waals surface area contributed by atoms with Crippen molar-refractivity contribution in [3.05, 3.63) is 64.1 Å². The quantitative estimate of drug-likeness (QED) is 0.333. The van der Waals surface area contributed by atoms with E-state index in [2.05, 4.69) is 10.4 Å². The monoisotopic (exact) mass is 469 g/mol. The Hall–Kier alpha value is -2.17. The van der Waals surface area contributed by atoms with E-state index in [9.17, 15) is 18.0 Å². The molecule has 1 heterocycles. The van der Waals surface area contributed by atoms with Gasteiger partial charge in [-0.2, -0.15) is 13.2 Å². The van der Waals surface area contributed by atoms with Gasteiger partial charge in [-0.15, -0.1) is 5.10 Å². The van der Waals surface area contributed by atoms with Gasteiger partial charge in [-0.1, -0.05) is 67.3 Å². The lowest BCUT2D eigenvalue weighted by Crippen LogP contribution is -2.30. The summed E-state index contributed by atoms with van der Waals surface area (Å²) < 4.78 is 42.4. The molecule has 0 fully saturated rings. The number of para-hydroxylation sites is 2. The molecule has 3 aromatic rings. The van der Waals surface area contributed by atoms with E-state index in [1.54, 1.807) is 4.68 Å². The van der Waals surface area contributed by atoms with Crippen LogP contribution in [0, 0.1) is 9.87 Å². The molecule has 1 aromatic heterocycles. The van der Waals surface area contributed by atoms with E-state index in [0.717, 1.165) is 11.8 Å². The Morgan fingerprint density at radius 2 is 1.77 bits per heavy atom. The van der Waals surface area contributed by atoms with Gasteiger partial charge in [0.15, 0.2) is 8.29 Å². The normalized spacial score (nSPS) is 12.7. The molecule has 1 atom stereocenters. The Labute approximate surface area is 185 Å². The highest BCUT2D eigenvalue weighted by Gasteiger charge is 2.34. The first-order valence-corrected chi connectivity index (χ1v) is 11.1. The molecule has 0 aliphatic heterocycles. The van der Waals surface area contributed by atoms with Crippen LogP contribution in [0.1, 0.15) is 19.4 Å². The zero-order valence-corrected chi connectivity index (χ0v) is 18.5. The van der Waals surface area contributed by atoms with E-state index in [4.69, 9.17) is 12.2 Å². The molecule has 4 nitrogen and oxygen atoms in total. The third-order valence-electron chi connectivity index (χ3n) is 4.11. The van der Waals surface area contributed by atoms with Gasteiger partial charge < -0.3 is 5.32 Å². The van der Waals surface area contributed by atoms with Crippen LogP contribution in [0.25, 0.3) is 5.69 Å². The van der Waals surface area contributed by atoms with Gasteiger partial charge in [-0.25, -0.2) is 4.68 Å². The molecule has 0 spiro atoms. The molecule has 0 aliphatic rings. The third-order valence-corrected chi connectivity index (χ3v) is 6.97. The van der Waals surface area contributed by atoms with Crippen LogP contribution in [0.2, 0.25) is 0 Å². The van der Waals surface area contributed by atoms with Gasteiger partial charge in [0.25, 0.3) is 0 Å². The summed E-state index contributed by atoms with van der Waals surface area (Å²) in [7, 11) is 0. The maximum Gasteiger partial charge on any atom is 0.418 e. The summed E-state index contributed by atoms with van der Waals surface area (Å²) in [5.74, 6) is -0.658. The summed E-state index contributed by atoms with van der Waals surface area (Å²) in [6.07, 6.45) is -4.56. The molecule has 10 heteroatoms. The maximum atomic E-state index is 13.2. The van der Waals surface area contributed by atoms with Crippen LogP contribution in [-0.4, -0.2) is 20.9 Å². The molecular formula is C20H18F3N3OS3. The number of carbonyl (C=O) groups is 1. The molecule has 1 unspecified atom stereocenters. The number of anilines is 1. The zero-order chi connectivity index (χ0) is 21.9. The highest BCUT2D eigenvalue weighted by molar-refractivity contribution is 8.02. The standard InChI is InChI=1S/C20H18F3N3OS3/c1-12(2)16(17(27)24-15-11-7-6-10-14(15)20(21,22)23)29-18-25-26(19(28)30-18)13-8-4-3-5-9-13/h3-12,16H,1-2H3,(H,24,27). The fourth-order valence-electron chi connectivity index (χ4n) is 2.68. The topological polar surface area (TPSA) is 46.9 Å². The Bertz CT molecular complexity index is 1080. The van der Waals surface area contributed by atoms with Gasteiger partial charge in [0.2, 0.25) is 5.91 Å². The number of aromatic nitrogens is 2. The van der Waals surface area contributed by atoms with Crippen LogP contribution in [-0.2, 0) is 11.0 Å². The molecule has 1 N–H and O–H groups in total. The first kappa shape index (κ1) is 22.5. The fourth-order valence-corrected chi connectivity index (χ4v) is 5.26. The van der Waals surface area contributed by atoms with E-state index < -0.39 is 22.9 Å². The number of hydrogen-bond donors (Lipinski definition) is 1. The average Bonchev–Trinajstić information content (AvgIpc) is 3.06. The predicted octanol–water partition coefficient (Wildman–Crippen LogP) is 6.44. The summed E-state index contributed by atoms with van der Waals surface area (Å²) in [5, 5.41) is 6.28. The molecule has 158 valence electrons. The SMILES string of the molecule is CC(C)C(Sc1nn(-c2ccccc2)c(=S)s1)C(=O)Nc1ccccc1C(F)(F)F. The van der Waals surface area contributed by atoms with Crippen molar-refractivity contribution in [3.8, 4) is 5.69 Å². The van der Waals surface area contributed by atoms with Gasteiger partial charge in [0, 0.05) is 0 Å². The van der Waals surface area contributed by atoms with Crippen molar-refractivity contribution in [1.82, 2.24) is 9.78 Å². The second-order valence-electron chi connectivity index (χ2n) is 6.70. The molecule has 0 radical (unpaired) electrons. The number of nitrogens with zero attached hydrogens (tertiary/aromatic N) is 2. The van der Waals surface area contributed by atoms with Crippen molar-refractivity contribution in [2.24, 2.45) is 5.92 Å². The molecule has 0 saturated carbocycles. The number of rotatable bonds is 6. The Morgan fingerprint density at radius 1 is 1.13 bits per heavy atom. The second kappa shape index (κ2) is 9.32.